The van der Waals surface area contributed by atoms with Gasteiger partial charge in [-0.15, -0.1) is 0 Å². The van der Waals surface area contributed by atoms with Gasteiger partial charge in [0.2, 0.25) is 5.75 Å². The van der Waals surface area contributed by atoms with Crippen molar-refractivity contribution in [1.82, 2.24) is 9.80 Å². The Bertz CT molecular complexity index is 775. The van der Waals surface area contributed by atoms with Crippen LogP contribution >= 0.6 is 0 Å². The number of nitrogens with zero attached hydrogens (tertiary/aromatic N) is 2. The van der Waals surface area contributed by atoms with Gasteiger partial charge in [0.05, 0.1) is 14.2 Å². The van der Waals surface area contributed by atoms with E-state index in [-0.39, 0.29) is 24.2 Å². The van der Waals surface area contributed by atoms with Crippen LogP contribution in [-0.2, 0) is 13.1 Å². The third kappa shape index (κ3) is 5.38. The summed E-state index contributed by atoms with van der Waals surface area (Å²) < 4.78 is 23.7. The summed E-state index contributed by atoms with van der Waals surface area (Å²) in [5, 5.41) is 19.6. The first kappa shape index (κ1) is 21.4. The number of hydrogen-bond acceptors (Lipinski definition) is 6. The molecule has 0 bridgehead atoms. The van der Waals surface area contributed by atoms with Crippen molar-refractivity contribution in [3.05, 3.63) is 53.3 Å². The first-order valence-corrected chi connectivity index (χ1v) is 9.79. The van der Waals surface area contributed by atoms with E-state index in [0.29, 0.717) is 24.5 Å². The third-order valence-electron chi connectivity index (χ3n) is 5.40. The molecule has 29 heavy (non-hydrogen) atoms. The predicted octanol–water partition coefficient (Wildman–Crippen LogP) is 2.62. The van der Waals surface area contributed by atoms with Gasteiger partial charge in [-0.2, -0.15) is 0 Å². The van der Waals surface area contributed by atoms with Crippen LogP contribution in [0.5, 0.6) is 17.2 Å². The van der Waals surface area contributed by atoms with Crippen molar-refractivity contribution in [3.63, 3.8) is 0 Å². The van der Waals surface area contributed by atoms with Crippen LogP contribution in [0.4, 0.5) is 4.39 Å². The first-order chi connectivity index (χ1) is 14.0. The van der Waals surface area contributed by atoms with Crippen molar-refractivity contribution >= 4 is 0 Å². The number of halogens is 1. The van der Waals surface area contributed by atoms with Crippen molar-refractivity contribution in [2.24, 2.45) is 0 Å². The molecule has 2 aromatic rings. The summed E-state index contributed by atoms with van der Waals surface area (Å²) >= 11 is 0. The molecule has 2 aromatic carbocycles. The molecule has 0 spiro atoms. The molecule has 1 aliphatic rings. The molecule has 1 atom stereocenters. The summed E-state index contributed by atoms with van der Waals surface area (Å²) in [5.74, 6) is 0.550. The zero-order valence-corrected chi connectivity index (χ0v) is 17.0. The first-order valence-electron chi connectivity index (χ1n) is 9.79. The Kier molecular flexibility index (Phi) is 7.30. The van der Waals surface area contributed by atoms with Crippen molar-refractivity contribution in [2.75, 3.05) is 40.5 Å². The van der Waals surface area contributed by atoms with Crippen LogP contribution in [0, 0.1) is 5.82 Å². The molecule has 7 heteroatoms. The average Bonchev–Trinajstić information content (AvgIpc) is 2.72. The summed E-state index contributed by atoms with van der Waals surface area (Å²) in [5.41, 5.74) is 2.06. The second kappa shape index (κ2) is 9.91. The minimum absolute atomic E-state index is 0.000948. The molecule has 1 heterocycles. The van der Waals surface area contributed by atoms with Crippen molar-refractivity contribution in [1.29, 1.82) is 0 Å². The van der Waals surface area contributed by atoms with Gasteiger partial charge < -0.3 is 19.7 Å². The number of aliphatic hydroxyl groups is 1. The average molecular weight is 404 g/mol. The highest BCUT2D eigenvalue weighted by molar-refractivity contribution is 5.52. The number of aromatic hydroxyl groups is 1. The highest BCUT2D eigenvalue weighted by atomic mass is 19.1. The Labute approximate surface area is 171 Å². The summed E-state index contributed by atoms with van der Waals surface area (Å²) in [4.78, 5) is 4.67. The maximum absolute atomic E-state index is 13.2. The van der Waals surface area contributed by atoms with Gasteiger partial charge in [-0.05, 0) is 41.8 Å². The van der Waals surface area contributed by atoms with E-state index < -0.39 is 0 Å². The Hall–Kier alpha value is -2.35. The molecule has 0 amide bonds. The Balaban J connectivity index is 1.68. The lowest BCUT2D eigenvalue weighted by Crippen LogP contribution is -2.52. The minimum Gasteiger partial charge on any atom is -0.502 e. The summed E-state index contributed by atoms with van der Waals surface area (Å²) in [6.45, 7) is 4.09. The zero-order valence-electron chi connectivity index (χ0n) is 17.0. The lowest BCUT2D eigenvalue weighted by Gasteiger charge is -2.41. The number of aliphatic hydroxyl groups excluding tert-OH is 1. The zero-order chi connectivity index (χ0) is 20.8. The lowest BCUT2D eigenvalue weighted by atomic mass is 10.1. The maximum Gasteiger partial charge on any atom is 0.200 e. The second-order valence-corrected chi connectivity index (χ2v) is 7.35. The number of benzene rings is 2. The molecule has 0 radical (unpaired) electrons. The predicted molar refractivity (Wildman–Crippen MR) is 109 cm³/mol. The molecule has 1 fully saturated rings. The molecule has 0 saturated carbocycles. The number of phenolic OH excluding ortho intramolecular Hbond substituents is 1. The van der Waals surface area contributed by atoms with Gasteiger partial charge in [0.25, 0.3) is 0 Å². The van der Waals surface area contributed by atoms with Gasteiger partial charge in [0.1, 0.15) is 5.82 Å². The maximum atomic E-state index is 13.2. The standard InChI is InChI=1S/C22H29FN2O4/c1-28-20-11-17(12-21(29-2)22(20)27)13-24-8-9-25(19(15-24)7-10-26)14-16-3-5-18(23)6-4-16/h3-6,11-12,19,26-27H,7-10,13-15H2,1-2H3. The van der Waals surface area contributed by atoms with Gasteiger partial charge in [-0.1, -0.05) is 12.1 Å². The van der Waals surface area contributed by atoms with Crippen LogP contribution in [0.3, 0.4) is 0 Å². The summed E-state index contributed by atoms with van der Waals surface area (Å²) in [6, 6.07) is 10.4. The largest absolute Gasteiger partial charge is 0.502 e. The fourth-order valence-corrected chi connectivity index (χ4v) is 3.85. The summed E-state index contributed by atoms with van der Waals surface area (Å²) in [7, 11) is 3.04. The van der Waals surface area contributed by atoms with E-state index in [0.717, 1.165) is 37.3 Å². The number of phenols is 1. The second-order valence-electron chi connectivity index (χ2n) is 7.35. The number of hydrogen-bond donors (Lipinski definition) is 2. The third-order valence-corrected chi connectivity index (χ3v) is 5.40. The van der Waals surface area contributed by atoms with Crippen LogP contribution in [0.1, 0.15) is 17.5 Å². The van der Waals surface area contributed by atoms with Crippen LogP contribution < -0.4 is 9.47 Å². The van der Waals surface area contributed by atoms with E-state index in [1.165, 1.54) is 26.4 Å². The van der Waals surface area contributed by atoms with E-state index in [4.69, 9.17) is 9.47 Å². The molecule has 0 aromatic heterocycles. The number of rotatable bonds is 8. The number of methoxy groups -OCH3 is 2. The lowest BCUT2D eigenvalue weighted by molar-refractivity contribution is 0.0499. The molecule has 6 nitrogen and oxygen atoms in total. The highest BCUT2D eigenvalue weighted by Gasteiger charge is 2.27. The van der Waals surface area contributed by atoms with Gasteiger partial charge >= 0.3 is 0 Å². The molecular formula is C22H29FN2O4. The van der Waals surface area contributed by atoms with Crippen molar-refractivity contribution in [2.45, 2.75) is 25.6 Å². The molecule has 0 aliphatic carbocycles. The highest BCUT2D eigenvalue weighted by Crippen LogP contribution is 2.37. The van der Waals surface area contributed by atoms with Crippen LogP contribution in [-0.4, -0.2) is 66.5 Å². The normalized spacial score (nSPS) is 18.0. The fraction of sp³-hybridized carbons (Fsp3) is 0.455. The fourth-order valence-electron chi connectivity index (χ4n) is 3.85. The number of ether oxygens (including phenoxy) is 2. The van der Waals surface area contributed by atoms with Crippen molar-refractivity contribution in [3.8, 4) is 17.2 Å². The number of piperazine rings is 1. The van der Waals surface area contributed by atoms with Gasteiger partial charge in [0.15, 0.2) is 11.5 Å². The molecule has 1 saturated heterocycles. The van der Waals surface area contributed by atoms with Crippen LogP contribution in [0.25, 0.3) is 0 Å². The van der Waals surface area contributed by atoms with Crippen LogP contribution in [0.15, 0.2) is 36.4 Å². The minimum atomic E-state index is -0.231. The van der Waals surface area contributed by atoms with Crippen molar-refractivity contribution < 1.29 is 24.1 Å². The quantitative estimate of drug-likeness (QED) is 0.705. The molecule has 1 unspecified atom stereocenters. The summed E-state index contributed by atoms with van der Waals surface area (Å²) in [6.07, 6.45) is 0.680. The smallest absolute Gasteiger partial charge is 0.200 e. The van der Waals surface area contributed by atoms with Gasteiger partial charge in [-0.25, -0.2) is 4.39 Å². The van der Waals surface area contributed by atoms with E-state index in [9.17, 15) is 14.6 Å². The van der Waals surface area contributed by atoms with E-state index in [2.05, 4.69) is 9.80 Å². The monoisotopic (exact) mass is 404 g/mol. The molecular weight excluding hydrogens is 375 g/mol. The topological polar surface area (TPSA) is 65.4 Å². The molecule has 3 rings (SSSR count). The van der Waals surface area contributed by atoms with E-state index in [1.807, 2.05) is 24.3 Å². The molecule has 1 aliphatic heterocycles. The Morgan fingerprint density at radius 2 is 1.66 bits per heavy atom. The Morgan fingerprint density at radius 1 is 1.00 bits per heavy atom. The molecule has 2 N–H and O–H groups in total. The van der Waals surface area contributed by atoms with Gasteiger partial charge in [-0.3, -0.25) is 9.80 Å². The van der Waals surface area contributed by atoms with E-state index in [1.54, 1.807) is 0 Å². The molecule has 158 valence electrons. The van der Waals surface area contributed by atoms with Gasteiger partial charge in [0, 0.05) is 45.4 Å². The Morgan fingerprint density at radius 3 is 2.24 bits per heavy atom. The van der Waals surface area contributed by atoms with E-state index >= 15 is 0 Å². The SMILES string of the molecule is COc1cc(CN2CCN(Cc3ccc(F)cc3)C(CCO)C2)cc(OC)c1O. The van der Waals surface area contributed by atoms with Crippen LogP contribution in [0.2, 0.25) is 0 Å².